The predicted octanol–water partition coefficient (Wildman–Crippen LogP) is 2.99. The number of nitrogens with one attached hydrogen (secondary N) is 1. The van der Waals surface area contributed by atoms with Gasteiger partial charge < -0.3 is 9.73 Å². The Hall–Kier alpha value is -1.61. The lowest BCUT2D eigenvalue weighted by Crippen LogP contribution is -2.22. The number of rotatable bonds is 4. The first-order chi connectivity index (χ1) is 8.22. The van der Waals surface area contributed by atoms with Crippen molar-refractivity contribution in [3.8, 4) is 0 Å². The fourth-order valence-electron chi connectivity index (χ4n) is 2.04. The van der Waals surface area contributed by atoms with Crippen molar-refractivity contribution in [3.63, 3.8) is 0 Å². The summed E-state index contributed by atoms with van der Waals surface area (Å²) in [4.78, 5) is 4.26. The van der Waals surface area contributed by atoms with Crippen molar-refractivity contribution < 1.29 is 4.42 Å². The third kappa shape index (κ3) is 2.56. The molecule has 17 heavy (non-hydrogen) atoms. The minimum atomic E-state index is 0.158. The van der Waals surface area contributed by atoms with Crippen molar-refractivity contribution in [2.24, 2.45) is 0 Å². The van der Waals surface area contributed by atoms with Crippen LogP contribution >= 0.6 is 0 Å². The molecule has 90 valence electrons. The van der Waals surface area contributed by atoms with Gasteiger partial charge in [-0.2, -0.15) is 0 Å². The summed E-state index contributed by atoms with van der Waals surface area (Å²) in [6, 6.07) is 4.34. The van der Waals surface area contributed by atoms with E-state index < -0.39 is 0 Å². The van der Waals surface area contributed by atoms with Gasteiger partial charge in [0, 0.05) is 18.0 Å². The molecule has 3 nitrogen and oxygen atoms in total. The van der Waals surface area contributed by atoms with Crippen LogP contribution in [-0.4, -0.2) is 11.5 Å². The molecule has 1 unspecified atom stereocenters. The summed E-state index contributed by atoms with van der Waals surface area (Å²) in [6.45, 7) is 7.06. The Morgan fingerprint density at radius 3 is 2.76 bits per heavy atom. The van der Waals surface area contributed by atoms with Crippen LogP contribution in [0.5, 0.6) is 0 Å². The molecule has 0 aliphatic carbocycles. The highest BCUT2D eigenvalue weighted by Gasteiger charge is 2.17. The van der Waals surface area contributed by atoms with Gasteiger partial charge in [-0.1, -0.05) is 13.0 Å². The second-order valence-corrected chi connectivity index (χ2v) is 4.22. The van der Waals surface area contributed by atoms with Crippen molar-refractivity contribution in [1.82, 2.24) is 10.3 Å². The van der Waals surface area contributed by atoms with Crippen LogP contribution in [-0.2, 0) is 0 Å². The zero-order valence-electron chi connectivity index (χ0n) is 10.5. The Labute approximate surface area is 102 Å². The molecule has 0 bridgehead atoms. The molecule has 2 rings (SSSR count). The van der Waals surface area contributed by atoms with E-state index in [-0.39, 0.29) is 6.04 Å². The molecule has 2 aromatic rings. The van der Waals surface area contributed by atoms with Gasteiger partial charge in [0.2, 0.25) is 0 Å². The second kappa shape index (κ2) is 5.15. The molecule has 3 heteroatoms. The van der Waals surface area contributed by atoms with E-state index in [0.29, 0.717) is 0 Å². The molecule has 0 amide bonds. The first kappa shape index (κ1) is 11.9. The number of hydrogen-bond donors (Lipinski definition) is 1. The summed E-state index contributed by atoms with van der Waals surface area (Å²) >= 11 is 0. The molecule has 1 atom stereocenters. The lowest BCUT2D eigenvalue weighted by molar-refractivity contribution is 0.519. The van der Waals surface area contributed by atoms with Crippen LogP contribution in [0.15, 0.2) is 35.2 Å². The average molecular weight is 230 g/mol. The van der Waals surface area contributed by atoms with E-state index in [9.17, 15) is 0 Å². The molecule has 0 saturated carbocycles. The molecule has 1 N–H and O–H groups in total. The summed E-state index contributed by atoms with van der Waals surface area (Å²) in [5, 5.41) is 3.47. The molecule has 0 aliphatic heterocycles. The van der Waals surface area contributed by atoms with Crippen LogP contribution < -0.4 is 5.32 Å². The maximum atomic E-state index is 5.38. The monoisotopic (exact) mass is 230 g/mol. The normalized spacial score (nSPS) is 12.6. The van der Waals surface area contributed by atoms with E-state index in [0.717, 1.165) is 12.3 Å². The van der Waals surface area contributed by atoms with E-state index in [4.69, 9.17) is 4.42 Å². The largest absolute Gasteiger partial charge is 0.469 e. The third-order valence-electron chi connectivity index (χ3n) is 2.85. The van der Waals surface area contributed by atoms with Crippen LogP contribution in [0.25, 0.3) is 0 Å². The van der Waals surface area contributed by atoms with Crippen molar-refractivity contribution in [2.45, 2.75) is 26.8 Å². The van der Waals surface area contributed by atoms with Gasteiger partial charge in [0.1, 0.15) is 5.76 Å². The van der Waals surface area contributed by atoms with E-state index in [2.05, 4.69) is 30.2 Å². The van der Waals surface area contributed by atoms with Gasteiger partial charge >= 0.3 is 0 Å². The van der Waals surface area contributed by atoms with Crippen molar-refractivity contribution in [1.29, 1.82) is 0 Å². The first-order valence-electron chi connectivity index (χ1n) is 5.91. The molecule has 0 aromatic carbocycles. The summed E-state index contributed by atoms with van der Waals surface area (Å²) in [6.07, 6.45) is 5.51. The maximum absolute atomic E-state index is 5.38. The zero-order chi connectivity index (χ0) is 12.3. The Balaban J connectivity index is 2.39. The zero-order valence-corrected chi connectivity index (χ0v) is 10.5. The lowest BCUT2D eigenvalue weighted by atomic mass is 10.00. The number of aromatic nitrogens is 1. The van der Waals surface area contributed by atoms with E-state index >= 15 is 0 Å². The number of hydrogen-bond acceptors (Lipinski definition) is 3. The average Bonchev–Trinajstić information content (AvgIpc) is 2.72. The molecule has 2 heterocycles. The highest BCUT2D eigenvalue weighted by Crippen LogP contribution is 2.25. The Bertz CT molecular complexity index is 490. The summed E-state index contributed by atoms with van der Waals surface area (Å²) in [7, 11) is 0. The molecular weight excluding hydrogens is 212 g/mol. The van der Waals surface area contributed by atoms with Crippen molar-refractivity contribution >= 4 is 0 Å². The number of furan rings is 1. The quantitative estimate of drug-likeness (QED) is 0.877. The van der Waals surface area contributed by atoms with Gasteiger partial charge in [-0.15, -0.1) is 0 Å². The summed E-state index contributed by atoms with van der Waals surface area (Å²) < 4.78 is 5.38. The van der Waals surface area contributed by atoms with E-state index in [1.807, 2.05) is 25.4 Å². The fraction of sp³-hybridized carbons (Fsp3) is 0.357. The summed E-state index contributed by atoms with van der Waals surface area (Å²) in [5.41, 5.74) is 3.53. The van der Waals surface area contributed by atoms with Crippen LogP contribution in [0.2, 0.25) is 0 Å². The van der Waals surface area contributed by atoms with E-state index in [1.54, 1.807) is 6.26 Å². The van der Waals surface area contributed by atoms with Crippen LogP contribution in [0, 0.1) is 13.8 Å². The molecular formula is C14H18N2O. The Morgan fingerprint density at radius 2 is 2.18 bits per heavy atom. The minimum absolute atomic E-state index is 0.158. The third-order valence-corrected chi connectivity index (χ3v) is 2.85. The molecule has 2 aromatic heterocycles. The number of aryl methyl sites for hydroxylation is 2. The summed E-state index contributed by atoms with van der Waals surface area (Å²) in [5.74, 6) is 0.956. The molecule has 0 saturated heterocycles. The molecule has 0 aliphatic rings. The Morgan fingerprint density at radius 1 is 1.35 bits per heavy atom. The number of nitrogens with zero attached hydrogens (tertiary/aromatic N) is 1. The van der Waals surface area contributed by atoms with Crippen LogP contribution in [0.1, 0.15) is 35.4 Å². The highest BCUT2D eigenvalue weighted by atomic mass is 16.3. The first-order valence-corrected chi connectivity index (χ1v) is 5.91. The predicted molar refractivity (Wildman–Crippen MR) is 67.9 cm³/mol. The molecule has 0 fully saturated rings. The van der Waals surface area contributed by atoms with Crippen molar-refractivity contribution in [2.75, 3.05) is 6.54 Å². The van der Waals surface area contributed by atoms with Crippen molar-refractivity contribution in [3.05, 3.63) is 53.2 Å². The SMILES string of the molecule is CCNC(c1cncc(C)c1)c1ccoc1C. The smallest absolute Gasteiger partial charge is 0.105 e. The van der Waals surface area contributed by atoms with Gasteiger partial charge in [-0.25, -0.2) is 0 Å². The molecule has 0 spiro atoms. The standard InChI is InChI=1S/C14H18N2O/c1-4-16-14(13-5-6-17-11(13)3)12-7-10(2)8-15-9-12/h5-9,14,16H,4H2,1-3H3. The maximum Gasteiger partial charge on any atom is 0.105 e. The fourth-order valence-corrected chi connectivity index (χ4v) is 2.04. The van der Waals surface area contributed by atoms with Gasteiger partial charge in [0.25, 0.3) is 0 Å². The van der Waals surface area contributed by atoms with E-state index in [1.165, 1.54) is 16.7 Å². The van der Waals surface area contributed by atoms with Gasteiger partial charge in [0.15, 0.2) is 0 Å². The number of pyridine rings is 1. The Kier molecular flexibility index (Phi) is 3.59. The lowest BCUT2D eigenvalue weighted by Gasteiger charge is -2.17. The van der Waals surface area contributed by atoms with Crippen LogP contribution in [0.4, 0.5) is 0 Å². The van der Waals surface area contributed by atoms with Gasteiger partial charge in [-0.3, -0.25) is 4.98 Å². The topological polar surface area (TPSA) is 38.1 Å². The molecule has 0 radical (unpaired) electrons. The second-order valence-electron chi connectivity index (χ2n) is 4.22. The van der Waals surface area contributed by atoms with Gasteiger partial charge in [-0.05, 0) is 37.6 Å². The highest BCUT2D eigenvalue weighted by molar-refractivity contribution is 5.32. The van der Waals surface area contributed by atoms with Crippen LogP contribution in [0.3, 0.4) is 0 Å². The van der Waals surface area contributed by atoms with Gasteiger partial charge in [0.05, 0.1) is 12.3 Å². The minimum Gasteiger partial charge on any atom is -0.469 e.